The second kappa shape index (κ2) is 5.43. The standard InChI is InChI=1S/C13H16ClNO2S/c1-10-6-8-11(9-7-10)18(16,17)15-13-5-3-2-4-12(13)14/h2-3,6-9,12-13,15H,4-5H2,1H3/t12-,13+/m1/s1. The van der Waals surface area contributed by atoms with Gasteiger partial charge >= 0.3 is 0 Å². The van der Waals surface area contributed by atoms with Crippen LogP contribution in [0.15, 0.2) is 41.3 Å². The van der Waals surface area contributed by atoms with Gasteiger partial charge in [-0.1, -0.05) is 29.8 Å². The Bertz CT molecular complexity index is 537. The molecular weight excluding hydrogens is 270 g/mol. The molecule has 5 heteroatoms. The molecular formula is C13H16ClNO2S. The van der Waals surface area contributed by atoms with Gasteiger partial charge in [0.05, 0.1) is 10.3 Å². The number of hydrogen-bond acceptors (Lipinski definition) is 2. The molecule has 2 rings (SSSR count). The molecule has 2 atom stereocenters. The number of benzene rings is 1. The Kier molecular flexibility index (Phi) is 4.10. The van der Waals surface area contributed by atoms with Gasteiger partial charge in [0, 0.05) is 6.04 Å². The van der Waals surface area contributed by atoms with Crippen molar-refractivity contribution in [3.8, 4) is 0 Å². The number of hydrogen-bond donors (Lipinski definition) is 1. The van der Waals surface area contributed by atoms with E-state index in [1.165, 1.54) is 0 Å². The average Bonchev–Trinajstić information content (AvgIpc) is 2.32. The summed E-state index contributed by atoms with van der Waals surface area (Å²) >= 11 is 6.12. The minimum atomic E-state index is -3.48. The first-order valence-electron chi connectivity index (χ1n) is 5.87. The Morgan fingerprint density at radius 2 is 1.78 bits per heavy atom. The maximum absolute atomic E-state index is 12.2. The van der Waals surface area contributed by atoms with Crippen LogP contribution in [-0.4, -0.2) is 19.8 Å². The SMILES string of the molecule is Cc1ccc(S(=O)(=O)N[C@H]2CC=CC[C@H]2Cl)cc1. The molecule has 0 heterocycles. The summed E-state index contributed by atoms with van der Waals surface area (Å²) in [5.74, 6) is 0. The highest BCUT2D eigenvalue weighted by molar-refractivity contribution is 7.89. The third-order valence-electron chi connectivity index (χ3n) is 2.99. The first-order chi connectivity index (χ1) is 8.49. The van der Waals surface area contributed by atoms with Crippen LogP contribution in [-0.2, 0) is 10.0 Å². The van der Waals surface area contributed by atoms with Crippen molar-refractivity contribution < 1.29 is 8.42 Å². The zero-order valence-corrected chi connectivity index (χ0v) is 11.7. The van der Waals surface area contributed by atoms with E-state index in [2.05, 4.69) is 4.72 Å². The van der Waals surface area contributed by atoms with Gasteiger partial charge in [-0.15, -0.1) is 11.6 Å². The van der Waals surface area contributed by atoms with Crippen molar-refractivity contribution >= 4 is 21.6 Å². The number of sulfonamides is 1. The minimum Gasteiger partial charge on any atom is -0.207 e. The van der Waals surface area contributed by atoms with Crippen LogP contribution >= 0.6 is 11.6 Å². The molecule has 0 unspecified atom stereocenters. The number of rotatable bonds is 3. The van der Waals surface area contributed by atoms with Crippen molar-refractivity contribution in [1.29, 1.82) is 0 Å². The molecule has 0 radical (unpaired) electrons. The third kappa shape index (κ3) is 3.13. The number of nitrogens with one attached hydrogen (secondary N) is 1. The fourth-order valence-corrected chi connectivity index (χ4v) is 3.52. The van der Waals surface area contributed by atoms with E-state index in [0.29, 0.717) is 12.8 Å². The van der Waals surface area contributed by atoms with Gasteiger partial charge in [-0.05, 0) is 31.9 Å². The summed E-state index contributed by atoms with van der Waals surface area (Å²) in [5, 5.41) is -0.185. The van der Waals surface area contributed by atoms with Crippen LogP contribution in [0, 0.1) is 6.92 Å². The van der Waals surface area contributed by atoms with Crippen LogP contribution in [0.25, 0.3) is 0 Å². The van der Waals surface area contributed by atoms with Gasteiger partial charge in [0.15, 0.2) is 0 Å². The van der Waals surface area contributed by atoms with Crippen molar-refractivity contribution in [3.63, 3.8) is 0 Å². The minimum absolute atomic E-state index is 0.185. The molecule has 18 heavy (non-hydrogen) atoms. The Morgan fingerprint density at radius 1 is 1.17 bits per heavy atom. The fraction of sp³-hybridized carbons (Fsp3) is 0.385. The molecule has 0 saturated carbocycles. The van der Waals surface area contributed by atoms with Crippen LogP contribution in [0.4, 0.5) is 0 Å². The van der Waals surface area contributed by atoms with E-state index in [0.717, 1.165) is 5.56 Å². The Balaban J connectivity index is 2.16. The highest BCUT2D eigenvalue weighted by Gasteiger charge is 2.26. The van der Waals surface area contributed by atoms with Crippen molar-refractivity contribution in [1.82, 2.24) is 4.72 Å². The fourth-order valence-electron chi connectivity index (χ4n) is 1.89. The Hall–Kier alpha value is -0.840. The molecule has 1 aliphatic carbocycles. The third-order valence-corrected chi connectivity index (χ3v) is 4.98. The summed E-state index contributed by atoms with van der Waals surface area (Å²) in [7, 11) is -3.48. The van der Waals surface area contributed by atoms with Gasteiger partial charge in [-0.25, -0.2) is 13.1 Å². The summed E-state index contributed by atoms with van der Waals surface area (Å²) in [4.78, 5) is 0.284. The van der Waals surface area contributed by atoms with Gasteiger partial charge < -0.3 is 0 Å². The summed E-state index contributed by atoms with van der Waals surface area (Å²) in [6.45, 7) is 1.92. The maximum Gasteiger partial charge on any atom is 0.240 e. The topological polar surface area (TPSA) is 46.2 Å². The lowest BCUT2D eigenvalue weighted by Crippen LogP contribution is -2.41. The molecule has 1 N–H and O–H groups in total. The van der Waals surface area contributed by atoms with E-state index >= 15 is 0 Å². The number of alkyl halides is 1. The van der Waals surface area contributed by atoms with Gasteiger partial charge in [-0.3, -0.25) is 0 Å². The number of halogens is 1. The van der Waals surface area contributed by atoms with Crippen LogP contribution in [0.5, 0.6) is 0 Å². The number of aryl methyl sites for hydroxylation is 1. The van der Waals surface area contributed by atoms with E-state index in [1.54, 1.807) is 24.3 Å². The zero-order chi connectivity index (χ0) is 13.2. The summed E-state index contributed by atoms with van der Waals surface area (Å²) in [5.41, 5.74) is 1.03. The smallest absolute Gasteiger partial charge is 0.207 e. The zero-order valence-electron chi connectivity index (χ0n) is 10.1. The monoisotopic (exact) mass is 285 g/mol. The van der Waals surface area contributed by atoms with Crippen molar-refractivity contribution in [2.24, 2.45) is 0 Å². The molecule has 1 aromatic rings. The molecule has 1 aromatic carbocycles. The highest BCUT2D eigenvalue weighted by atomic mass is 35.5. The van der Waals surface area contributed by atoms with Gasteiger partial charge in [0.2, 0.25) is 10.0 Å². The van der Waals surface area contributed by atoms with Crippen molar-refractivity contribution in [3.05, 3.63) is 42.0 Å². The van der Waals surface area contributed by atoms with Crippen LogP contribution in [0.2, 0.25) is 0 Å². The molecule has 98 valence electrons. The normalized spacial score (nSPS) is 24.1. The quantitative estimate of drug-likeness (QED) is 0.685. The molecule has 0 amide bonds. The molecule has 0 bridgehead atoms. The predicted octanol–water partition coefficient (Wildman–Crippen LogP) is 2.60. The van der Waals surface area contributed by atoms with Gasteiger partial charge in [-0.2, -0.15) is 0 Å². The van der Waals surface area contributed by atoms with Crippen LogP contribution < -0.4 is 4.72 Å². The summed E-state index contributed by atoms with van der Waals surface area (Å²) in [6, 6.07) is 6.56. The molecule has 1 aliphatic rings. The molecule has 0 aromatic heterocycles. The van der Waals surface area contributed by atoms with E-state index < -0.39 is 10.0 Å². The Labute approximate surface area is 113 Å². The van der Waals surface area contributed by atoms with Gasteiger partial charge in [0.1, 0.15) is 0 Å². The molecule has 0 fully saturated rings. The lowest BCUT2D eigenvalue weighted by Gasteiger charge is -2.24. The first-order valence-corrected chi connectivity index (χ1v) is 7.79. The number of allylic oxidation sites excluding steroid dienone is 1. The summed E-state index contributed by atoms with van der Waals surface area (Å²) in [6.07, 6.45) is 5.28. The Morgan fingerprint density at radius 3 is 2.39 bits per heavy atom. The summed E-state index contributed by atoms with van der Waals surface area (Å²) < 4.78 is 27.0. The van der Waals surface area contributed by atoms with E-state index in [9.17, 15) is 8.42 Å². The average molecular weight is 286 g/mol. The lowest BCUT2D eigenvalue weighted by molar-refractivity contribution is 0.526. The van der Waals surface area contributed by atoms with E-state index in [4.69, 9.17) is 11.6 Å². The van der Waals surface area contributed by atoms with Crippen molar-refractivity contribution in [2.75, 3.05) is 0 Å². The van der Waals surface area contributed by atoms with Crippen LogP contribution in [0.3, 0.4) is 0 Å². The molecule has 0 aliphatic heterocycles. The van der Waals surface area contributed by atoms with E-state index in [1.807, 2.05) is 19.1 Å². The lowest BCUT2D eigenvalue weighted by atomic mass is 10.0. The maximum atomic E-state index is 12.2. The second-order valence-corrected chi connectivity index (χ2v) is 6.77. The van der Waals surface area contributed by atoms with E-state index in [-0.39, 0.29) is 16.3 Å². The van der Waals surface area contributed by atoms with Crippen LogP contribution in [0.1, 0.15) is 18.4 Å². The van der Waals surface area contributed by atoms with Gasteiger partial charge in [0.25, 0.3) is 0 Å². The molecule has 3 nitrogen and oxygen atoms in total. The second-order valence-electron chi connectivity index (χ2n) is 4.50. The first kappa shape index (κ1) is 13.6. The molecule has 0 spiro atoms. The molecule has 0 saturated heterocycles. The largest absolute Gasteiger partial charge is 0.240 e. The highest BCUT2D eigenvalue weighted by Crippen LogP contribution is 2.20. The predicted molar refractivity (Wildman–Crippen MR) is 73.3 cm³/mol. The van der Waals surface area contributed by atoms with Crippen molar-refractivity contribution in [2.45, 2.75) is 36.1 Å².